The van der Waals surface area contributed by atoms with E-state index in [2.05, 4.69) is 29.5 Å². The predicted molar refractivity (Wildman–Crippen MR) is 143 cm³/mol. The van der Waals surface area contributed by atoms with E-state index in [1.54, 1.807) is 6.92 Å². The van der Waals surface area contributed by atoms with Gasteiger partial charge in [0.05, 0.1) is 6.04 Å². The van der Waals surface area contributed by atoms with Crippen LogP contribution in [0, 0.1) is 18.3 Å². The first-order valence-electron chi connectivity index (χ1n) is 11.9. The Hall–Kier alpha value is -4.04. The number of carbonyl (C=O) groups is 2. The molecule has 1 aliphatic rings. The van der Waals surface area contributed by atoms with Gasteiger partial charge in [0.25, 0.3) is 0 Å². The number of anilines is 3. The SMILES string of the molecule is C#Cc1ccc(N[C@@H]2C[C@H](C)N(C(C)=O)c3ccc(-c4cccc(NC(=O)C(C)C)c4)cc32)cc1. The first-order valence-corrected chi connectivity index (χ1v) is 11.9. The van der Waals surface area contributed by atoms with Crippen molar-refractivity contribution >= 4 is 28.9 Å². The van der Waals surface area contributed by atoms with E-state index in [4.69, 9.17) is 6.42 Å². The van der Waals surface area contributed by atoms with Gasteiger partial charge < -0.3 is 15.5 Å². The van der Waals surface area contributed by atoms with E-state index in [1.807, 2.05) is 79.4 Å². The van der Waals surface area contributed by atoms with E-state index in [1.165, 1.54) is 0 Å². The molecule has 2 N–H and O–H groups in total. The lowest BCUT2D eigenvalue weighted by Crippen LogP contribution is -2.43. The molecular formula is C30H31N3O2. The smallest absolute Gasteiger partial charge is 0.226 e. The minimum atomic E-state index is -0.0940. The van der Waals surface area contributed by atoms with Gasteiger partial charge in [-0.3, -0.25) is 9.59 Å². The van der Waals surface area contributed by atoms with E-state index < -0.39 is 0 Å². The van der Waals surface area contributed by atoms with Crippen LogP contribution in [0.25, 0.3) is 11.1 Å². The van der Waals surface area contributed by atoms with Gasteiger partial charge in [0.15, 0.2) is 0 Å². The Morgan fingerprint density at radius 2 is 1.71 bits per heavy atom. The van der Waals surface area contributed by atoms with Gasteiger partial charge in [-0.15, -0.1) is 6.42 Å². The first-order chi connectivity index (χ1) is 16.8. The number of terminal acetylenes is 1. The highest BCUT2D eigenvalue weighted by atomic mass is 16.2. The maximum Gasteiger partial charge on any atom is 0.226 e. The van der Waals surface area contributed by atoms with E-state index in [-0.39, 0.29) is 29.8 Å². The zero-order valence-electron chi connectivity index (χ0n) is 20.6. The number of hydrogen-bond donors (Lipinski definition) is 2. The molecule has 2 atom stereocenters. The summed E-state index contributed by atoms with van der Waals surface area (Å²) in [5, 5.41) is 6.62. The van der Waals surface area contributed by atoms with Gasteiger partial charge in [0.2, 0.25) is 11.8 Å². The molecule has 0 radical (unpaired) electrons. The van der Waals surface area contributed by atoms with Gasteiger partial charge in [0, 0.05) is 41.5 Å². The van der Waals surface area contributed by atoms with Crippen LogP contribution in [0.15, 0.2) is 66.7 Å². The van der Waals surface area contributed by atoms with Crippen molar-refractivity contribution in [2.45, 2.75) is 46.2 Å². The van der Waals surface area contributed by atoms with Crippen LogP contribution < -0.4 is 15.5 Å². The molecule has 1 heterocycles. The Labute approximate surface area is 207 Å². The second kappa shape index (κ2) is 10.1. The predicted octanol–water partition coefficient (Wildman–Crippen LogP) is 6.23. The van der Waals surface area contributed by atoms with E-state index in [0.29, 0.717) is 0 Å². The number of nitrogens with one attached hydrogen (secondary N) is 2. The van der Waals surface area contributed by atoms with Crippen LogP contribution >= 0.6 is 0 Å². The summed E-state index contributed by atoms with van der Waals surface area (Å²) < 4.78 is 0. The average molecular weight is 466 g/mol. The number of amides is 2. The fraction of sp³-hybridized carbons (Fsp3) is 0.267. The summed E-state index contributed by atoms with van der Waals surface area (Å²) in [6.07, 6.45) is 6.28. The summed E-state index contributed by atoms with van der Waals surface area (Å²) >= 11 is 0. The van der Waals surface area contributed by atoms with Crippen LogP contribution in [-0.4, -0.2) is 17.9 Å². The van der Waals surface area contributed by atoms with Crippen LogP contribution in [0.3, 0.4) is 0 Å². The zero-order chi connectivity index (χ0) is 25.1. The summed E-state index contributed by atoms with van der Waals surface area (Å²) in [4.78, 5) is 26.6. The Morgan fingerprint density at radius 3 is 2.37 bits per heavy atom. The number of carbonyl (C=O) groups excluding carboxylic acids is 2. The monoisotopic (exact) mass is 465 g/mol. The number of benzene rings is 3. The fourth-order valence-corrected chi connectivity index (χ4v) is 4.59. The van der Waals surface area contributed by atoms with Crippen LogP contribution in [0.1, 0.15) is 51.3 Å². The van der Waals surface area contributed by atoms with Crippen molar-refractivity contribution in [3.05, 3.63) is 77.9 Å². The van der Waals surface area contributed by atoms with Crippen LogP contribution in [-0.2, 0) is 9.59 Å². The molecule has 5 nitrogen and oxygen atoms in total. The van der Waals surface area contributed by atoms with E-state index in [0.717, 1.165) is 45.7 Å². The minimum absolute atomic E-state index is 0.0150. The zero-order valence-corrected chi connectivity index (χ0v) is 20.6. The van der Waals surface area contributed by atoms with E-state index in [9.17, 15) is 9.59 Å². The van der Waals surface area contributed by atoms with Gasteiger partial charge in [-0.1, -0.05) is 38.0 Å². The topological polar surface area (TPSA) is 61.4 Å². The summed E-state index contributed by atoms with van der Waals surface area (Å²) in [6, 6.07) is 22.0. The van der Waals surface area contributed by atoms with Crippen molar-refractivity contribution in [3.8, 4) is 23.5 Å². The summed E-state index contributed by atoms with van der Waals surface area (Å²) in [7, 11) is 0. The molecule has 0 spiro atoms. The maximum absolute atomic E-state index is 12.5. The third kappa shape index (κ3) is 5.22. The summed E-state index contributed by atoms with van der Waals surface area (Å²) in [6.45, 7) is 7.44. The third-order valence-corrected chi connectivity index (χ3v) is 6.40. The molecule has 0 saturated carbocycles. The molecule has 0 bridgehead atoms. The second-order valence-electron chi connectivity index (χ2n) is 9.39. The number of fused-ring (bicyclic) bond motifs is 1. The van der Waals surface area contributed by atoms with Crippen LogP contribution in [0.2, 0.25) is 0 Å². The molecule has 3 aromatic carbocycles. The van der Waals surface area contributed by atoms with E-state index >= 15 is 0 Å². The van der Waals surface area contributed by atoms with Gasteiger partial charge in [-0.25, -0.2) is 0 Å². The minimum Gasteiger partial charge on any atom is -0.378 e. The fourth-order valence-electron chi connectivity index (χ4n) is 4.59. The normalized spacial score (nSPS) is 16.9. The van der Waals surface area contributed by atoms with Crippen molar-refractivity contribution in [1.29, 1.82) is 0 Å². The molecule has 0 unspecified atom stereocenters. The lowest BCUT2D eigenvalue weighted by molar-refractivity contribution is -0.119. The van der Waals surface area contributed by atoms with Crippen molar-refractivity contribution in [3.63, 3.8) is 0 Å². The molecule has 35 heavy (non-hydrogen) atoms. The Morgan fingerprint density at radius 1 is 1.00 bits per heavy atom. The number of nitrogens with zero attached hydrogens (tertiary/aromatic N) is 1. The molecule has 0 fully saturated rings. The number of hydrogen-bond acceptors (Lipinski definition) is 3. The quantitative estimate of drug-likeness (QED) is 0.439. The van der Waals surface area contributed by atoms with Crippen molar-refractivity contribution in [2.75, 3.05) is 15.5 Å². The average Bonchev–Trinajstić information content (AvgIpc) is 2.84. The van der Waals surface area contributed by atoms with Gasteiger partial charge in [0.1, 0.15) is 0 Å². The molecule has 1 aliphatic heterocycles. The van der Waals surface area contributed by atoms with Crippen molar-refractivity contribution < 1.29 is 9.59 Å². The van der Waals surface area contributed by atoms with Gasteiger partial charge >= 0.3 is 0 Å². The maximum atomic E-state index is 12.5. The van der Waals surface area contributed by atoms with Crippen LogP contribution in [0.5, 0.6) is 0 Å². The standard InChI is InChI=1S/C30H31N3O2/c1-6-22-10-13-25(14-11-22)31-28-16-20(4)33(21(5)34)29-15-12-24(18-27(28)29)23-8-7-9-26(17-23)32-30(35)19(2)3/h1,7-15,17-20,28,31H,16H2,2-5H3,(H,32,35)/t20-,28+/m0/s1. The summed E-state index contributed by atoms with van der Waals surface area (Å²) in [5.41, 5.74) is 6.59. The van der Waals surface area contributed by atoms with Crippen molar-refractivity contribution in [1.82, 2.24) is 0 Å². The Kier molecular flexibility index (Phi) is 6.93. The largest absolute Gasteiger partial charge is 0.378 e. The van der Waals surface area contributed by atoms with Gasteiger partial charge in [-0.2, -0.15) is 0 Å². The molecule has 4 rings (SSSR count). The molecule has 0 saturated heterocycles. The third-order valence-electron chi connectivity index (χ3n) is 6.40. The molecule has 2 amide bonds. The van der Waals surface area contributed by atoms with Crippen molar-refractivity contribution in [2.24, 2.45) is 5.92 Å². The van der Waals surface area contributed by atoms with Crippen LogP contribution in [0.4, 0.5) is 17.1 Å². The summed E-state index contributed by atoms with van der Waals surface area (Å²) in [5.74, 6) is 2.57. The number of rotatable bonds is 5. The Bertz CT molecular complexity index is 1290. The lowest BCUT2D eigenvalue weighted by Gasteiger charge is -2.39. The molecule has 3 aromatic rings. The second-order valence-corrected chi connectivity index (χ2v) is 9.39. The Balaban J connectivity index is 1.72. The molecule has 0 aliphatic carbocycles. The highest BCUT2D eigenvalue weighted by molar-refractivity contribution is 5.95. The van der Waals surface area contributed by atoms with Gasteiger partial charge in [-0.05, 0) is 78.6 Å². The molecule has 178 valence electrons. The first kappa shape index (κ1) is 24.1. The highest BCUT2D eigenvalue weighted by Gasteiger charge is 2.32. The molecular weight excluding hydrogens is 434 g/mol. The lowest BCUT2D eigenvalue weighted by atomic mass is 9.88. The highest BCUT2D eigenvalue weighted by Crippen LogP contribution is 2.41. The molecule has 5 heteroatoms. The molecule has 0 aromatic heterocycles.